The van der Waals surface area contributed by atoms with E-state index < -0.39 is 0 Å². The molecule has 0 aromatic heterocycles. The monoisotopic (exact) mass is 240 g/mol. The molecule has 1 unspecified atom stereocenters. The summed E-state index contributed by atoms with van der Waals surface area (Å²) in [6.45, 7) is 4.36. The fourth-order valence-corrected chi connectivity index (χ4v) is 2.99. The van der Waals surface area contributed by atoms with Crippen molar-refractivity contribution in [1.82, 2.24) is 10.2 Å². The maximum absolute atomic E-state index is 5.66. The lowest BCUT2D eigenvalue weighted by Gasteiger charge is -2.25. The van der Waals surface area contributed by atoms with Crippen LogP contribution >= 0.6 is 0 Å². The Kier molecular flexibility index (Phi) is 5.75. The van der Waals surface area contributed by atoms with E-state index >= 15 is 0 Å². The third kappa shape index (κ3) is 4.94. The van der Waals surface area contributed by atoms with Gasteiger partial charge in [-0.1, -0.05) is 19.3 Å². The van der Waals surface area contributed by atoms with Gasteiger partial charge in [0.2, 0.25) is 0 Å². The molecule has 1 saturated heterocycles. The molecular weight excluding hydrogens is 212 g/mol. The van der Waals surface area contributed by atoms with Crippen molar-refractivity contribution in [2.45, 2.75) is 57.1 Å². The van der Waals surface area contributed by atoms with Crippen LogP contribution < -0.4 is 5.32 Å². The maximum Gasteiger partial charge on any atom is 0.0702 e. The van der Waals surface area contributed by atoms with E-state index in [1.807, 2.05) is 0 Å². The molecule has 1 saturated carbocycles. The van der Waals surface area contributed by atoms with Gasteiger partial charge in [0, 0.05) is 32.3 Å². The predicted molar refractivity (Wildman–Crippen MR) is 71.3 cm³/mol. The number of nitrogens with one attached hydrogen (secondary N) is 1. The summed E-state index contributed by atoms with van der Waals surface area (Å²) in [5.41, 5.74) is 0. The molecule has 0 aromatic rings. The van der Waals surface area contributed by atoms with Crippen LogP contribution in [0.25, 0.3) is 0 Å². The van der Waals surface area contributed by atoms with Crippen molar-refractivity contribution in [3.8, 4) is 0 Å². The van der Waals surface area contributed by atoms with Gasteiger partial charge >= 0.3 is 0 Å². The Labute approximate surface area is 106 Å². The molecule has 100 valence electrons. The molecule has 1 N–H and O–H groups in total. The zero-order valence-corrected chi connectivity index (χ0v) is 11.3. The van der Waals surface area contributed by atoms with E-state index in [0.29, 0.717) is 6.10 Å². The van der Waals surface area contributed by atoms with E-state index in [0.717, 1.165) is 32.3 Å². The van der Waals surface area contributed by atoms with Crippen molar-refractivity contribution in [2.75, 3.05) is 33.3 Å². The minimum Gasteiger partial charge on any atom is -0.377 e. The zero-order valence-electron chi connectivity index (χ0n) is 11.3. The second-order valence-corrected chi connectivity index (χ2v) is 5.69. The molecule has 2 aliphatic rings. The lowest BCUT2D eigenvalue weighted by atomic mass is 9.95. The molecule has 1 aliphatic carbocycles. The van der Waals surface area contributed by atoms with Crippen LogP contribution in [-0.4, -0.2) is 50.3 Å². The standard InChI is InChI=1S/C14H28N2O/c1-16(12-14-8-5-11-17-14)10-9-15-13-6-3-2-4-7-13/h13-15H,2-12H2,1H3. The first-order valence-electron chi connectivity index (χ1n) is 7.38. The van der Waals surface area contributed by atoms with Gasteiger partial charge in [0.25, 0.3) is 0 Å². The van der Waals surface area contributed by atoms with E-state index in [2.05, 4.69) is 17.3 Å². The van der Waals surface area contributed by atoms with Crippen molar-refractivity contribution in [1.29, 1.82) is 0 Å². The number of likely N-dealkylation sites (N-methyl/N-ethyl adjacent to an activating group) is 1. The Morgan fingerprint density at radius 2 is 1.94 bits per heavy atom. The first-order chi connectivity index (χ1) is 8.34. The van der Waals surface area contributed by atoms with Crippen molar-refractivity contribution in [3.63, 3.8) is 0 Å². The van der Waals surface area contributed by atoms with Crippen LogP contribution in [0.15, 0.2) is 0 Å². The molecule has 1 aliphatic heterocycles. The maximum atomic E-state index is 5.66. The van der Waals surface area contributed by atoms with Gasteiger partial charge in [0.1, 0.15) is 0 Å². The summed E-state index contributed by atoms with van der Waals surface area (Å²) in [5.74, 6) is 0. The zero-order chi connectivity index (χ0) is 11.9. The summed E-state index contributed by atoms with van der Waals surface area (Å²) in [7, 11) is 2.21. The number of hydrogen-bond acceptors (Lipinski definition) is 3. The molecule has 0 amide bonds. The van der Waals surface area contributed by atoms with Gasteiger partial charge < -0.3 is 15.0 Å². The van der Waals surface area contributed by atoms with Crippen LogP contribution in [0.2, 0.25) is 0 Å². The molecule has 3 nitrogen and oxygen atoms in total. The molecule has 17 heavy (non-hydrogen) atoms. The van der Waals surface area contributed by atoms with Gasteiger partial charge in [-0.2, -0.15) is 0 Å². The van der Waals surface area contributed by atoms with Crippen LogP contribution in [0.5, 0.6) is 0 Å². The smallest absolute Gasteiger partial charge is 0.0702 e. The minimum atomic E-state index is 0.495. The topological polar surface area (TPSA) is 24.5 Å². The van der Waals surface area contributed by atoms with Crippen LogP contribution in [0, 0.1) is 0 Å². The molecule has 0 aromatic carbocycles. The van der Waals surface area contributed by atoms with Crippen molar-refractivity contribution < 1.29 is 4.74 Å². The van der Waals surface area contributed by atoms with E-state index in [1.165, 1.54) is 44.9 Å². The summed E-state index contributed by atoms with van der Waals surface area (Å²) in [4.78, 5) is 2.41. The summed E-state index contributed by atoms with van der Waals surface area (Å²) in [6, 6.07) is 0.792. The molecule has 0 bridgehead atoms. The minimum absolute atomic E-state index is 0.495. The van der Waals surface area contributed by atoms with Gasteiger partial charge in [-0.05, 0) is 32.7 Å². The number of rotatable bonds is 6. The predicted octanol–water partition coefficient (Wildman–Crippen LogP) is 2.02. The van der Waals surface area contributed by atoms with Crippen molar-refractivity contribution in [3.05, 3.63) is 0 Å². The molecule has 2 rings (SSSR count). The van der Waals surface area contributed by atoms with Gasteiger partial charge in [-0.15, -0.1) is 0 Å². The lowest BCUT2D eigenvalue weighted by Crippen LogP contribution is -2.39. The highest BCUT2D eigenvalue weighted by atomic mass is 16.5. The van der Waals surface area contributed by atoms with Crippen molar-refractivity contribution >= 4 is 0 Å². The molecule has 3 heteroatoms. The largest absolute Gasteiger partial charge is 0.377 e. The number of ether oxygens (including phenoxy) is 1. The van der Waals surface area contributed by atoms with Crippen LogP contribution in [0.1, 0.15) is 44.9 Å². The first kappa shape index (κ1) is 13.3. The molecule has 1 atom stereocenters. The Bertz CT molecular complexity index is 198. The van der Waals surface area contributed by atoms with Gasteiger partial charge in [0.05, 0.1) is 6.10 Å². The summed E-state index contributed by atoms with van der Waals surface area (Å²) < 4.78 is 5.66. The third-order valence-electron chi connectivity index (χ3n) is 4.07. The Morgan fingerprint density at radius 1 is 1.12 bits per heavy atom. The van der Waals surface area contributed by atoms with E-state index in [9.17, 15) is 0 Å². The highest BCUT2D eigenvalue weighted by Gasteiger charge is 2.17. The summed E-state index contributed by atoms with van der Waals surface area (Å²) in [5, 5.41) is 3.69. The SMILES string of the molecule is CN(CCNC1CCCCC1)CC1CCCO1. The average molecular weight is 240 g/mol. The summed E-state index contributed by atoms with van der Waals surface area (Å²) >= 11 is 0. The first-order valence-corrected chi connectivity index (χ1v) is 7.38. The Balaban J connectivity index is 1.51. The Hall–Kier alpha value is -0.120. The normalized spacial score (nSPS) is 26.8. The van der Waals surface area contributed by atoms with Gasteiger partial charge in [-0.3, -0.25) is 0 Å². The molecule has 1 heterocycles. The molecular formula is C14H28N2O. The van der Waals surface area contributed by atoms with Crippen LogP contribution in [0.4, 0.5) is 0 Å². The lowest BCUT2D eigenvalue weighted by molar-refractivity contribution is 0.0812. The van der Waals surface area contributed by atoms with Crippen molar-refractivity contribution in [2.24, 2.45) is 0 Å². The average Bonchev–Trinajstić information content (AvgIpc) is 2.83. The van der Waals surface area contributed by atoms with Crippen LogP contribution in [0.3, 0.4) is 0 Å². The molecule has 0 radical (unpaired) electrons. The van der Waals surface area contributed by atoms with E-state index in [4.69, 9.17) is 4.74 Å². The second kappa shape index (κ2) is 7.34. The van der Waals surface area contributed by atoms with Crippen LogP contribution in [-0.2, 0) is 4.74 Å². The third-order valence-corrected chi connectivity index (χ3v) is 4.07. The van der Waals surface area contributed by atoms with Gasteiger partial charge in [-0.25, -0.2) is 0 Å². The molecule has 0 spiro atoms. The summed E-state index contributed by atoms with van der Waals surface area (Å²) in [6.07, 6.45) is 10.0. The second-order valence-electron chi connectivity index (χ2n) is 5.69. The number of nitrogens with zero attached hydrogens (tertiary/aromatic N) is 1. The highest BCUT2D eigenvalue weighted by Crippen LogP contribution is 2.17. The highest BCUT2D eigenvalue weighted by molar-refractivity contribution is 4.73. The van der Waals surface area contributed by atoms with E-state index in [-0.39, 0.29) is 0 Å². The quantitative estimate of drug-likeness (QED) is 0.769. The van der Waals surface area contributed by atoms with E-state index in [1.54, 1.807) is 0 Å². The van der Waals surface area contributed by atoms with Gasteiger partial charge in [0.15, 0.2) is 0 Å². The fraction of sp³-hybridized carbons (Fsp3) is 1.00. The number of hydrogen-bond donors (Lipinski definition) is 1. The molecule has 2 fully saturated rings. The Morgan fingerprint density at radius 3 is 2.65 bits per heavy atom. The fourth-order valence-electron chi connectivity index (χ4n) is 2.99.